The molecule has 32 heavy (non-hydrogen) atoms. The van der Waals surface area contributed by atoms with Gasteiger partial charge in [0, 0.05) is 0 Å². The summed E-state index contributed by atoms with van der Waals surface area (Å²) in [4.78, 5) is 16.7. The number of hydrogen-bond donors (Lipinski definition) is 1. The number of hydrazone groups is 1. The standard InChI is InChI=1S/C23H21ClN4O3S/c1-3-7-19-27-28-21(25)16(22(29)26-23(28)32-19)10-15-11-17(24)20(18(12-15)30-2)31-13-14-8-5-4-6-9-14/h4-6,8-12,25H,3,7,13H2,1-2H3. The van der Waals surface area contributed by atoms with Crippen molar-refractivity contribution in [3.05, 3.63) is 64.2 Å². The monoisotopic (exact) mass is 468 g/mol. The molecule has 2 aromatic rings. The van der Waals surface area contributed by atoms with E-state index in [0.717, 1.165) is 23.4 Å². The number of rotatable bonds is 7. The van der Waals surface area contributed by atoms with Crippen molar-refractivity contribution in [2.45, 2.75) is 26.4 Å². The second kappa shape index (κ2) is 9.58. The van der Waals surface area contributed by atoms with E-state index in [0.29, 0.717) is 33.9 Å². The molecule has 0 aliphatic carbocycles. The Kier molecular flexibility index (Phi) is 6.62. The fourth-order valence-electron chi connectivity index (χ4n) is 3.21. The molecule has 1 N–H and O–H groups in total. The molecule has 0 bridgehead atoms. The molecule has 0 radical (unpaired) electrons. The molecule has 7 nitrogen and oxygen atoms in total. The fraction of sp³-hybridized carbons (Fsp3) is 0.217. The number of nitrogens with zero attached hydrogens (tertiary/aromatic N) is 3. The molecule has 2 heterocycles. The van der Waals surface area contributed by atoms with Crippen LogP contribution in [0.1, 0.15) is 30.9 Å². The number of benzene rings is 2. The number of nitrogens with one attached hydrogen (secondary N) is 1. The van der Waals surface area contributed by atoms with Gasteiger partial charge in [0.2, 0.25) is 5.17 Å². The summed E-state index contributed by atoms with van der Waals surface area (Å²) in [5.41, 5.74) is 1.72. The van der Waals surface area contributed by atoms with Crippen molar-refractivity contribution >= 4 is 51.4 Å². The van der Waals surface area contributed by atoms with Crippen molar-refractivity contribution in [2.24, 2.45) is 10.1 Å². The highest BCUT2D eigenvalue weighted by atomic mass is 35.5. The smallest absolute Gasteiger partial charge is 0.283 e. The van der Waals surface area contributed by atoms with Gasteiger partial charge in [0.05, 0.1) is 17.7 Å². The summed E-state index contributed by atoms with van der Waals surface area (Å²) in [5, 5.41) is 15.9. The number of fused-ring (bicyclic) bond motifs is 1. The summed E-state index contributed by atoms with van der Waals surface area (Å²) in [7, 11) is 1.52. The van der Waals surface area contributed by atoms with E-state index >= 15 is 0 Å². The van der Waals surface area contributed by atoms with Gasteiger partial charge in [-0.15, -0.1) is 0 Å². The zero-order chi connectivity index (χ0) is 22.7. The van der Waals surface area contributed by atoms with Crippen LogP contribution in [0.3, 0.4) is 0 Å². The van der Waals surface area contributed by atoms with Crippen LogP contribution in [0.5, 0.6) is 11.5 Å². The van der Waals surface area contributed by atoms with Gasteiger partial charge in [-0.25, -0.2) is 0 Å². The van der Waals surface area contributed by atoms with Crippen LogP contribution in [-0.2, 0) is 11.4 Å². The quantitative estimate of drug-likeness (QED) is 0.553. The largest absolute Gasteiger partial charge is 0.493 e. The lowest BCUT2D eigenvalue weighted by atomic mass is 10.1. The molecule has 2 aliphatic rings. The number of carbonyl (C=O) groups excluding carboxylic acids is 1. The minimum absolute atomic E-state index is 0.0157. The number of carbonyl (C=O) groups is 1. The van der Waals surface area contributed by atoms with Crippen molar-refractivity contribution in [3.8, 4) is 11.5 Å². The average Bonchev–Trinajstić information content (AvgIpc) is 3.19. The molecule has 0 atom stereocenters. The molecule has 0 fully saturated rings. The highest BCUT2D eigenvalue weighted by Gasteiger charge is 2.35. The average molecular weight is 469 g/mol. The number of halogens is 1. The van der Waals surface area contributed by atoms with Crippen LogP contribution < -0.4 is 9.47 Å². The zero-order valence-corrected chi connectivity index (χ0v) is 19.2. The van der Waals surface area contributed by atoms with Crippen LogP contribution in [0.15, 0.2) is 58.1 Å². The topological polar surface area (TPSA) is 87.3 Å². The van der Waals surface area contributed by atoms with Crippen LogP contribution >= 0.6 is 23.4 Å². The second-order valence-corrected chi connectivity index (χ2v) is 8.52. The summed E-state index contributed by atoms with van der Waals surface area (Å²) < 4.78 is 11.4. The fourth-order valence-corrected chi connectivity index (χ4v) is 4.47. The van der Waals surface area contributed by atoms with Gasteiger partial charge in [0.15, 0.2) is 17.3 Å². The molecular weight excluding hydrogens is 448 g/mol. The van der Waals surface area contributed by atoms with Crippen LogP contribution in [0, 0.1) is 5.41 Å². The Balaban J connectivity index is 1.60. The van der Waals surface area contributed by atoms with E-state index in [-0.39, 0.29) is 11.4 Å². The highest BCUT2D eigenvalue weighted by molar-refractivity contribution is 8.26. The van der Waals surface area contributed by atoms with E-state index in [4.69, 9.17) is 26.5 Å². The third-order valence-electron chi connectivity index (χ3n) is 4.75. The number of ether oxygens (including phenoxy) is 2. The molecule has 164 valence electrons. The van der Waals surface area contributed by atoms with E-state index in [1.165, 1.54) is 23.9 Å². The van der Waals surface area contributed by atoms with Gasteiger partial charge in [-0.2, -0.15) is 15.1 Å². The summed E-state index contributed by atoms with van der Waals surface area (Å²) in [5.74, 6) is 0.341. The number of methoxy groups -OCH3 is 1. The highest BCUT2D eigenvalue weighted by Crippen LogP contribution is 2.38. The number of amidine groups is 2. The predicted molar refractivity (Wildman–Crippen MR) is 129 cm³/mol. The van der Waals surface area contributed by atoms with Crippen LogP contribution in [0.2, 0.25) is 5.02 Å². The minimum Gasteiger partial charge on any atom is -0.493 e. The lowest BCUT2D eigenvalue weighted by molar-refractivity contribution is -0.114. The molecule has 2 aliphatic heterocycles. The van der Waals surface area contributed by atoms with E-state index in [2.05, 4.69) is 10.1 Å². The van der Waals surface area contributed by atoms with Gasteiger partial charge < -0.3 is 9.47 Å². The van der Waals surface area contributed by atoms with Gasteiger partial charge >= 0.3 is 0 Å². The maximum absolute atomic E-state index is 12.6. The lowest BCUT2D eigenvalue weighted by Gasteiger charge is -2.20. The van der Waals surface area contributed by atoms with E-state index < -0.39 is 5.91 Å². The molecule has 1 amide bonds. The summed E-state index contributed by atoms with van der Waals surface area (Å²) in [6.07, 6.45) is 3.27. The van der Waals surface area contributed by atoms with Crippen molar-refractivity contribution in [1.29, 1.82) is 5.41 Å². The molecule has 0 saturated carbocycles. The van der Waals surface area contributed by atoms with Crippen molar-refractivity contribution in [2.75, 3.05) is 7.11 Å². The first-order valence-electron chi connectivity index (χ1n) is 10.0. The van der Waals surface area contributed by atoms with Crippen LogP contribution in [0.4, 0.5) is 0 Å². The Morgan fingerprint density at radius 2 is 2.03 bits per heavy atom. The van der Waals surface area contributed by atoms with E-state index in [1.807, 2.05) is 37.3 Å². The summed E-state index contributed by atoms with van der Waals surface area (Å²) in [6, 6.07) is 13.1. The summed E-state index contributed by atoms with van der Waals surface area (Å²) >= 11 is 7.81. The number of aliphatic imine (C=N–C) groups is 1. The molecule has 2 aromatic carbocycles. The Hall–Kier alpha value is -3.10. The first-order chi connectivity index (χ1) is 15.5. The zero-order valence-electron chi connectivity index (χ0n) is 17.6. The normalized spacial score (nSPS) is 16.7. The van der Waals surface area contributed by atoms with Gasteiger partial charge in [-0.05, 0) is 53.9 Å². The van der Waals surface area contributed by atoms with Gasteiger partial charge in [0.1, 0.15) is 11.7 Å². The van der Waals surface area contributed by atoms with E-state index in [1.54, 1.807) is 18.2 Å². The molecule has 0 unspecified atom stereocenters. The van der Waals surface area contributed by atoms with Gasteiger partial charge in [-0.1, -0.05) is 48.9 Å². The Labute approximate surface area is 195 Å². The maximum Gasteiger partial charge on any atom is 0.283 e. The van der Waals surface area contributed by atoms with Crippen molar-refractivity contribution in [1.82, 2.24) is 5.01 Å². The van der Waals surface area contributed by atoms with Crippen molar-refractivity contribution in [3.63, 3.8) is 0 Å². The van der Waals surface area contributed by atoms with Gasteiger partial charge in [-0.3, -0.25) is 10.2 Å². The van der Waals surface area contributed by atoms with Crippen LogP contribution in [-0.4, -0.2) is 34.1 Å². The molecule has 4 rings (SSSR count). The first kappa shape index (κ1) is 22.1. The number of hydrogen-bond acceptors (Lipinski definition) is 6. The third kappa shape index (κ3) is 4.56. The second-order valence-electron chi connectivity index (χ2n) is 7.07. The first-order valence-corrected chi connectivity index (χ1v) is 11.2. The van der Waals surface area contributed by atoms with Crippen molar-refractivity contribution < 1.29 is 14.3 Å². The van der Waals surface area contributed by atoms with E-state index in [9.17, 15) is 4.79 Å². The Bertz CT molecular complexity index is 1160. The maximum atomic E-state index is 12.6. The number of thioether (sulfide) groups is 1. The Morgan fingerprint density at radius 3 is 2.75 bits per heavy atom. The molecule has 0 saturated heterocycles. The molecular formula is C23H21ClN4O3S. The van der Waals surface area contributed by atoms with Gasteiger partial charge in [0.25, 0.3) is 5.91 Å². The minimum atomic E-state index is -0.485. The predicted octanol–water partition coefficient (Wildman–Crippen LogP) is 5.35. The number of amides is 1. The Morgan fingerprint density at radius 1 is 1.25 bits per heavy atom. The SMILES string of the molecule is CCCC1=NN2C(=N)C(=Cc3cc(Cl)c(OCc4ccccc4)c(OC)c3)C(=O)N=C2S1. The molecule has 9 heteroatoms. The lowest BCUT2D eigenvalue weighted by Crippen LogP contribution is -2.35. The molecule has 0 aromatic heterocycles. The molecule has 0 spiro atoms. The van der Waals surface area contributed by atoms with Crippen LogP contribution in [0.25, 0.3) is 6.08 Å². The third-order valence-corrected chi connectivity index (χ3v) is 6.00. The summed E-state index contributed by atoms with van der Waals surface area (Å²) in [6.45, 7) is 2.39.